The molecule has 0 radical (unpaired) electrons. The number of carbonyl (C=O) groups excluding carboxylic acids is 1. The van der Waals surface area contributed by atoms with Gasteiger partial charge in [-0.05, 0) is 24.6 Å². The normalized spacial score (nSPS) is 10.4. The van der Waals surface area contributed by atoms with E-state index in [-0.39, 0.29) is 12.5 Å². The van der Waals surface area contributed by atoms with Crippen LogP contribution in [0, 0.1) is 6.92 Å². The Morgan fingerprint density at radius 2 is 2.11 bits per heavy atom. The molecule has 0 aliphatic rings. The molecule has 0 aliphatic carbocycles. The lowest BCUT2D eigenvalue weighted by atomic mass is 10.1. The fraction of sp³-hybridized carbons (Fsp3) is 0.267. The zero-order valence-corrected chi connectivity index (χ0v) is 11.0. The van der Waals surface area contributed by atoms with Crippen LogP contribution in [0.4, 0.5) is 0 Å². The van der Waals surface area contributed by atoms with Crippen molar-refractivity contribution in [3.8, 4) is 0 Å². The second kappa shape index (κ2) is 6.20. The molecule has 4 nitrogen and oxygen atoms in total. The van der Waals surface area contributed by atoms with Gasteiger partial charge < -0.3 is 15.1 Å². The molecule has 1 aromatic heterocycles. The summed E-state index contributed by atoms with van der Waals surface area (Å²) in [6.07, 6.45) is 1.60. The number of nitrogens with zero attached hydrogens (tertiary/aromatic N) is 1. The smallest absolute Gasteiger partial charge is 0.237 e. The van der Waals surface area contributed by atoms with Gasteiger partial charge in [0.25, 0.3) is 0 Å². The van der Waals surface area contributed by atoms with E-state index >= 15 is 0 Å². The van der Waals surface area contributed by atoms with Crippen molar-refractivity contribution < 1.29 is 9.21 Å². The maximum Gasteiger partial charge on any atom is 0.237 e. The Morgan fingerprint density at radius 1 is 1.26 bits per heavy atom. The summed E-state index contributed by atoms with van der Waals surface area (Å²) in [4.78, 5) is 13.6. The molecule has 2 rings (SSSR count). The van der Waals surface area contributed by atoms with Gasteiger partial charge in [-0.3, -0.25) is 4.79 Å². The van der Waals surface area contributed by atoms with Gasteiger partial charge in [-0.25, -0.2) is 0 Å². The van der Waals surface area contributed by atoms with Crippen LogP contribution < -0.4 is 5.73 Å². The van der Waals surface area contributed by atoms with Crippen molar-refractivity contribution in [1.82, 2.24) is 4.90 Å². The van der Waals surface area contributed by atoms with Crippen LogP contribution in [0.3, 0.4) is 0 Å². The Morgan fingerprint density at radius 3 is 2.74 bits per heavy atom. The minimum atomic E-state index is -0.0853. The lowest BCUT2D eigenvalue weighted by Crippen LogP contribution is -2.35. The van der Waals surface area contributed by atoms with Crippen molar-refractivity contribution in [1.29, 1.82) is 0 Å². The van der Waals surface area contributed by atoms with E-state index in [0.717, 1.165) is 11.3 Å². The zero-order valence-electron chi connectivity index (χ0n) is 11.0. The highest BCUT2D eigenvalue weighted by molar-refractivity contribution is 5.77. The second-order valence-corrected chi connectivity index (χ2v) is 4.52. The summed E-state index contributed by atoms with van der Waals surface area (Å²) in [6.45, 7) is 3.02. The third-order valence-corrected chi connectivity index (χ3v) is 2.91. The summed E-state index contributed by atoms with van der Waals surface area (Å²) in [6, 6.07) is 11.8. The Labute approximate surface area is 112 Å². The van der Waals surface area contributed by atoms with E-state index in [1.54, 1.807) is 11.2 Å². The molecule has 1 aromatic carbocycles. The van der Waals surface area contributed by atoms with Gasteiger partial charge in [0.05, 0.1) is 19.4 Å². The Hall–Kier alpha value is -2.07. The Kier molecular flexibility index (Phi) is 4.36. The molecule has 1 amide bonds. The highest BCUT2D eigenvalue weighted by Crippen LogP contribution is 2.12. The summed E-state index contributed by atoms with van der Waals surface area (Å²) >= 11 is 0. The Bertz CT molecular complexity index is 535. The molecule has 19 heavy (non-hydrogen) atoms. The van der Waals surface area contributed by atoms with E-state index in [1.165, 1.54) is 5.56 Å². The summed E-state index contributed by atoms with van der Waals surface area (Å²) in [5.74, 6) is 0.673. The van der Waals surface area contributed by atoms with E-state index in [2.05, 4.69) is 6.07 Å². The number of amides is 1. The second-order valence-electron chi connectivity index (χ2n) is 4.52. The molecule has 2 aromatic rings. The third-order valence-electron chi connectivity index (χ3n) is 2.91. The molecular weight excluding hydrogens is 240 g/mol. The molecule has 1 heterocycles. The van der Waals surface area contributed by atoms with Crippen molar-refractivity contribution in [3.05, 3.63) is 59.5 Å². The van der Waals surface area contributed by atoms with Gasteiger partial charge >= 0.3 is 0 Å². The summed E-state index contributed by atoms with van der Waals surface area (Å²) in [5.41, 5.74) is 7.73. The highest BCUT2D eigenvalue weighted by Gasteiger charge is 2.14. The number of benzene rings is 1. The minimum absolute atomic E-state index is 0.00647. The van der Waals surface area contributed by atoms with Gasteiger partial charge in [-0.1, -0.05) is 29.8 Å². The van der Waals surface area contributed by atoms with Crippen LogP contribution in [0.1, 0.15) is 16.9 Å². The van der Waals surface area contributed by atoms with E-state index in [9.17, 15) is 4.79 Å². The standard InChI is InChI=1S/C15H18N2O2/c1-12-4-2-5-13(8-12)10-17(15(18)9-16)11-14-6-3-7-19-14/h2-8H,9-11,16H2,1H3. The van der Waals surface area contributed by atoms with Crippen molar-refractivity contribution >= 4 is 5.91 Å². The molecule has 0 bridgehead atoms. The summed E-state index contributed by atoms with van der Waals surface area (Å²) in [7, 11) is 0. The van der Waals surface area contributed by atoms with Gasteiger partial charge in [-0.2, -0.15) is 0 Å². The van der Waals surface area contributed by atoms with E-state index < -0.39 is 0 Å². The zero-order chi connectivity index (χ0) is 13.7. The molecule has 4 heteroatoms. The monoisotopic (exact) mass is 258 g/mol. The predicted octanol–water partition coefficient (Wildman–Crippen LogP) is 2.08. The van der Waals surface area contributed by atoms with Crippen LogP contribution in [-0.4, -0.2) is 17.4 Å². The van der Waals surface area contributed by atoms with Crippen LogP contribution in [0.2, 0.25) is 0 Å². The maximum atomic E-state index is 11.9. The summed E-state index contributed by atoms with van der Waals surface area (Å²) in [5, 5.41) is 0. The van der Waals surface area contributed by atoms with Crippen LogP contribution >= 0.6 is 0 Å². The van der Waals surface area contributed by atoms with Crippen molar-refractivity contribution in [2.45, 2.75) is 20.0 Å². The van der Waals surface area contributed by atoms with Crippen molar-refractivity contribution in [3.63, 3.8) is 0 Å². The average molecular weight is 258 g/mol. The van der Waals surface area contributed by atoms with Crippen molar-refractivity contribution in [2.24, 2.45) is 5.73 Å². The van der Waals surface area contributed by atoms with Gasteiger partial charge in [0.2, 0.25) is 5.91 Å². The molecular formula is C15H18N2O2. The average Bonchev–Trinajstić information content (AvgIpc) is 2.90. The van der Waals surface area contributed by atoms with Gasteiger partial charge in [0.15, 0.2) is 0 Å². The van der Waals surface area contributed by atoms with Gasteiger partial charge in [0.1, 0.15) is 5.76 Å². The lowest BCUT2D eigenvalue weighted by molar-refractivity contribution is -0.131. The first kappa shape index (κ1) is 13.4. The van der Waals surface area contributed by atoms with Crippen LogP contribution in [0.5, 0.6) is 0 Å². The minimum Gasteiger partial charge on any atom is -0.467 e. The summed E-state index contributed by atoms with van der Waals surface area (Å²) < 4.78 is 5.29. The van der Waals surface area contributed by atoms with E-state index in [1.807, 2.05) is 37.3 Å². The number of hydrogen-bond acceptors (Lipinski definition) is 3. The first-order chi connectivity index (χ1) is 9.19. The number of aryl methyl sites for hydroxylation is 1. The number of carbonyl (C=O) groups is 1. The molecule has 0 aliphatic heterocycles. The van der Waals surface area contributed by atoms with Crippen LogP contribution in [0.25, 0.3) is 0 Å². The maximum absolute atomic E-state index is 11.9. The van der Waals surface area contributed by atoms with Gasteiger partial charge in [-0.15, -0.1) is 0 Å². The van der Waals surface area contributed by atoms with E-state index in [4.69, 9.17) is 10.2 Å². The highest BCUT2D eigenvalue weighted by atomic mass is 16.3. The molecule has 0 atom stereocenters. The molecule has 0 spiro atoms. The number of hydrogen-bond donors (Lipinski definition) is 1. The van der Waals surface area contributed by atoms with Crippen molar-refractivity contribution in [2.75, 3.05) is 6.54 Å². The molecule has 100 valence electrons. The topological polar surface area (TPSA) is 59.5 Å². The Balaban J connectivity index is 2.12. The fourth-order valence-corrected chi connectivity index (χ4v) is 1.98. The number of nitrogens with two attached hydrogens (primary N) is 1. The van der Waals surface area contributed by atoms with Crippen LogP contribution in [0.15, 0.2) is 47.1 Å². The molecule has 0 saturated heterocycles. The molecule has 0 unspecified atom stereocenters. The molecule has 2 N–H and O–H groups in total. The van der Waals surface area contributed by atoms with Crippen LogP contribution in [-0.2, 0) is 17.9 Å². The quantitative estimate of drug-likeness (QED) is 0.893. The van der Waals surface area contributed by atoms with Gasteiger partial charge in [0, 0.05) is 6.54 Å². The SMILES string of the molecule is Cc1cccc(CN(Cc2ccco2)C(=O)CN)c1. The fourth-order valence-electron chi connectivity index (χ4n) is 1.98. The first-order valence-electron chi connectivity index (χ1n) is 6.25. The first-order valence-corrected chi connectivity index (χ1v) is 6.25. The predicted molar refractivity (Wildman–Crippen MR) is 73.2 cm³/mol. The largest absolute Gasteiger partial charge is 0.467 e. The third kappa shape index (κ3) is 3.69. The lowest BCUT2D eigenvalue weighted by Gasteiger charge is -2.21. The molecule has 0 saturated carbocycles. The number of furan rings is 1. The number of rotatable bonds is 5. The molecule has 0 fully saturated rings. The van der Waals surface area contributed by atoms with E-state index in [0.29, 0.717) is 13.1 Å².